The molecule has 6 nitrogen and oxygen atoms in total. The topological polar surface area (TPSA) is 60.6 Å². The van der Waals surface area contributed by atoms with E-state index < -0.39 is 0 Å². The summed E-state index contributed by atoms with van der Waals surface area (Å²) >= 11 is 0. The Morgan fingerprint density at radius 2 is 2.00 bits per heavy atom. The number of nitrogens with zero attached hydrogens (tertiary/aromatic N) is 5. The van der Waals surface area contributed by atoms with Crippen LogP contribution in [0.25, 0.3) is 10.9 Å². The Hall–Kier alpha value is -2.21. The summed E-state index contributed by atoms with van der Waals surface area (Å²) in [6, 6.07) is 8.66. The van der Waals surface area contributed by atoms with Crippen molar-refractivity contribution in [1.82, 2.24) is 29.9 Å². The molecule has 0 atom stereocenters. The van der Waals surface area contributed by atoms with E-state index in [4.69, 9.17) is 0 Å². The third-order valence-corrected chi connectivity index (χ3v) is 3.40. The van der Waals surface area contributed by atoms with E-state index in [9.17, 15) is 0 Å². The van der Waals surface area contributed by atoms with Gasteiger partial charge in [-0.15, -0.1) is 0 Å². The van der Waals surface area contributed by atoms with E-state index in [1.165, 1.54) is 0 Å². The predicted molar refractivity (Wildman–Crippen MR) is 81.8 cm³/mol. The smallest absolute Gasteiger partial charge is 0.164 e. The van der Waals surface area contributed by atoms with Crippen LogP contribution in [0, 0.1) is 0 Å². The molecular formula is C15H20N6. The molecule has 0 aliphatic rings. The van der Waals surface area contributed by atoms with E-state index in [-0.39, 0.29) is 0 Å². The summed E-state index contributed by atoms with van der Waals surface area (Å²) in [5, 5.41) is 13.5. The van der Waals surface area contributed by atoms with Crippen LogP contribution in [-0.4, -0.2) is 30.6 Å². The molecule has 21 heavy (non-hydrogen) atoms. The standard InChI is InChI=1S/C15H20N6/c1-11(2)16-8-15-17-10-21(19-15)9-13-12-6-4-5-7-14(12)20(3)18-13/h4-7,10-11,16H,8-9H2,1-3H3. The maximum Gasteiger partial charge on any atom is 0.164 e. The number of hydrogen-bond donors (Lipinski definition) is 1. The first kappa shape index (κ1) is 13.8. The summed E-state index contributed by atoms with van der Waals surface area (Å²) < 4.78 is 3.74. The Bertz CT molecular complexity index is 740. The Kier molecular flexibility index (Phi) is 3.70. The van der Waals surface area contributed by atoms with Crippen LogP contribution in [0.1, 0.15) is 25.4 Å². The lowest BCUT2D eigenvalue weighted by molar-refractivity contribution is 0.563. The number of aromatic nitrogens is 5. The summed E-state index contributed by atoms with van der Waals surface area (Å²) in [6.07, 6.45) is 1.76. The number of fused-ring (bicyclic) bond motifs is 1. The van der Waals surface area contributed by atoms with Gasteiger partial charge in [-0.1, -0.05) is 32.0 Å². The van der Waals surface area contributed by atoms with Crippen molar-refractivity contribution in [3.8, 4) is 0 Å². The van der Waals surface area contributed by atoms with Gasteiger partial charge >= 0.3 is 0 Å². The lowest BCUT2D eigenvalue weighted by atomic mass is 10.2. The zero-order chi connectivity index (χ0) is 14.8. The van der Waals surface area contributed by atoms with Gasteiger partial charge in [-0.2, -0.15) is 10.2 Å². The van der Waals surface area contributed by atoms with Crippen molar-refractivity contribution in [3.63, 3.8) is 0 Å². The van der Waals surface area contributed by atoms with Crippen LogP contribution >= 0.6 is 0 Å². The molecule has 0 radical (unpaired) electrons. The summed E-state index contributed by atoms with van der Waals surface area (Å²) in [7, 11) is 1.96. The van der Waals surface area contributed by atoms with Crippen LogP contribution < -0.4 is 5.32 Å². The van der Waals surface area contributed by atoms with Crippen LogP contribution in [0.4, 0.5) is 0 Å². The number of hydrogen-bond acceptors (Lipinski definition) is 4. The molecule has 2 heterocycles. The Morgan fingerprint density at radius 3 is 2.81 bits per heavy atom. The molecule has 0 spiro atoms. The van der Waals surface area contributed by atoms with Gasteiger partial charge in [0, 0.05) is 18.5 Å². The van der Waals surface area contributed by atoms with Crippen LogP contribution in [0.2, 0.25) is 0 Å². The largest absolute Gasteiger partial charge is 0.308 e. The van der Waals surface area contributed by atoms with Gasteiger partial charge in [0.15, 0.2) is 5.82 Å². The minimum Gasteiger partial charge on any atom is -0.308 e. The monoisotopic (exact) mass is 284 g/mol. The van der Waals surface area contributed by atoms with E-state index in [2.05, 4.69) is 46.5 Å². The molecular weight excluding hydrogens is 264 g/mol. The van der Waals surface area contributed by atoms with E-state index in [1.807, 2.05) is 28.5 Å². The predicted octanol–water partition coefficient (Wildman–Crippen LogP) is 1.71. The van der Waals surface area contributed by atoms with Gasteiger partial charge in [-0.05, 0) is 6.07 Å². The molecule has 0 bridgehead atoms. The molecule has 0 saturated carbocycles. The average molecular weight is 284 g/mol. The first-order valence-electron chi connectivity index (χ1n) is 7.16. The van der Waals surface area contributed by atoms with Crippen molar-refractivity contribution in [2.45, 2.75) is 33.0 Å². The Labute approximate surface area is 123 Å². The first-order chi connectivity index (χ1) is 10.1. The van der Waals surface area contributed by atoms with E-state index in [0.717, 1.165) is 22.4 Å². The van der Waals surface area contributed by atoms with Gasteiger partial charge in [0.2, 0.25) is 0 Å². The summed E-state index contributed by atoms with van der Waals surface area (Å²) in [6.45, 7) is 5.54. The van der Waals surface area contributed by atoms with Gasteiger partial charge in [-0.25, -0.2) is 9.67 Å². The molecule has 0 aliphatic carbocycles. The van der Waals surface area contributed by atoms with Gasteiger partial charge in [0.1, 0.15) is 6.33 Å². The zero-order valence-electron chi connectivity index (χ0n) is 12.6. The molecule has 0 unspecified atom stereocenters. The van der Waals surface area contributed by atoms with Crippen molar-refractivity contribution in [1.29, 1.82) is 0 Å². The fraction of sp³-hybridized carbons (Fsp3) is 0.400. The normalized spacial score (nSPS) is 11.6. The van der Waals surface area contributed by atoms with E-state index in [0.29, 0.717) is 19.1 Å². The van der Waals surface area contributed by atoms with Crippen molar-refractivity contribution in [2.24, 2.45) is 7.05 Å². The average Bonchev–Trinajstić information content (AvgIpc) is 3.03. The summed E-state index contributed by atoms with van der Waals surface area (Å²) in [5.41, 5.74) is 2.15. The first-order valence-corrected chi connectivity index (χ1v) is 7.16. The molecule has 1 N–H and O–H groups in total. The van der Waals surface area contributed by atoms with Crippen LogP contribution in [0.15, 0.2) is 30.6 Å². The number of rotatable bonds is 5. The van der Waals surface area contributed by atoms with Crippen LogP contribution in [-0.2, 0) is 20.1 Å². The molecule has 2 aromatic heterocycles. The second-order valence-corrected chi connectivity index (χ2v) is 5.48. The van der Waals surface area contributed by atoms with Crippen molar-refractivity contribution < 1.29 is 0 Å². The highest BCUT2D eigenvalue weighted by molar-refractivity contribution is 5.81. The van der Waals surface area contributed by atoms with Crippen LogP contribution in [0.5, 0.6) is 0 Å². The summed E-state index contributed by atoms with van der Waals surface area (Å²) in [5.74, 6) is 0.809. The minimum atomic E-state index is 0.427. The maximum absolute atomic E-state index is 4.58. The third kappa shape index (κ3) is 2.95. The minimum absolute atomic E-state index is 0.427. The molecule has 0 amide bonds. The van der Waals surface area contributed by atoms with Crippen molar-refractivity contribution >= 4 is 10.9 Å². The number of benzene rings is 1. The fourth-order valence-corrected chi connectivity index (χ4v) is 2.34. The molecule has 0 aliphatic heterocycles. The number of aryl methyl sites for hydroxylation is 1. The Morgan fingerprint density at radius 1 is 1.19 bits per heavy atom. The molecule has 6 heteroatoms. The van der Waals surface area contributed by atoms with E-state index in [1.54, 1.807) is 6.33 Å². The van der Waals surface area contributed by atoms with Gasteiger partial charge in [-0.3, -0.25) is 4.68 Å². The second kappa shape index (κ2) is 5.65. The Balaban J connectivity index is 1.79. The van der Waals surface area contributed by atoms with Crippen molar-refractivity contribution in [3.05, 3.63) is 42.1 Å². The van der Waals surface area contributed by atoms with Crippen LogP contribution in [0.3, 0.4) is 0 Å². The lowest BCUT2D eigenvalue weighted by Crippen LogP contribution is -2.22. The highest BCUT2D eigenvalue weighted by Gasteiger charge is 2.09. The summed E-state index contributed by atoms with van der Waals surface area (Å²) in [4.78, 5) is 4.33. The maximum atomic E-state index is 4.58. The molecule has 1 aromatic carbocycles. The highest BCUT2D eigenvalue weighted by atomic mass is 15.3. The lowest BCUT2D eigenvalue weighted by Gasteiger charge is -2.04. The number of para-hydroxylation sites is 1. The molecule has 0 fully saturated rings. The van der Waals surface area contributed by atoms with Gasteiger partial charge in [0.05, 0.1) is 24.3 Å². The molecule has 3 aromatic rings. The van der Waals surface area contributed by atoms with Gasteiger partial charge < -0.3 is 5.32 Å². The fourth-order valence-electron chi connectivity index (χ4n) is 2.34. The third-order valence-electron chi connectivity index (χ3n) is 3.40. The zero-order valence-corrected chi connectivity index (χ0v) is 12.6. The second-order valence-electron chi connectivity index (χ2n) is 5.48. The SMILES string of the molecule is CC(C)NCc1ncn(Cc2nn(C)c3ccccc23)n1. The molecule has 110 valence electrons. The molecule has 0 saturated heterocycles. The molecule has 3 rings (SSSR count). The van der Waals surface area contributed by atoms with E-state index >= 15 is 0 Å². The number of nitrogens with one attached hydrogen (secondary N) is 1. The highest BCUT2D eigenvalue weighted by Crippen LogP contribution is 2.17. The van der Waals surface area contributed by atoms with Crippen molar-refractivity contribution in [2.75, 3.05) is 0 Å². The van der Waals surface area contributed by atoms with Gasteiger partial charge in [0.25, 0.3) is 0 Å². The quantitative estimate of drug-likeness (QED) is 0.775.